The summed E-state index contributed by atoms with van der Waals surface area (Å²) in [7, 11) is 0. The van der Waals surface area contributed by atoms with Gasteiger partial charge in [-0.2, -0.15) is 0 Å². The molecule has 0 aliphatic rings. The van der Waals surface area contributed by atoms with E-state index >= 15 is 0 Å². The first kappa shape index (κ1) is 13.5. The first-order valence-electron chi connectivity index (χ1n) is 3.71. The van der Waals surface area contributed by atoms with Crippen LogP contribution in [-0.2, 0) is 4.79 Å². The van der Waals surface area contributed by atoms with Crippen molar-refractivity contribution in [3.8, 4) is 0 Å². The number of aliphatic hydroxyl groups excluding tert-OH is 1. The molecule has 0 aliphatic heterocycles. The third kappa shape index (κ3) is 8.91. The minimum absolute atomic E-state index is 0.0463. The number of primary amides is 1. The lowest BCUT2D eigenvalue weighted by molar-refractivity contribution is -0.115. The van der Waals surface area contributed by atoms with Gasteiger partial charge in [0.25, 0.3) is 0 Å². The lowest BCUT2D eigenvalue weighted by atomic mass is 10.2. The summed E-state index contributed by atoms with van der Waals surface area (Å²) in [5, 5.41) is 8.59. The third-order valence-electron chi connectivity index (χ3n) is 1.15. The van der Waals surface area contributed by atoms with E-state index in [0.29, 0.717) is 0 Å². The SMILES string of the molecule is C=C(C(N)=O)C(C)O.CC=CC. The first-order chi connectivity index (χ1) is 5.47. The molecule has 1 atom stereocenters. The zero-order chi connectivity index (χ0) is 10.1. The largest absolute Gasteiger partial charge is 0.389 e. The Morgan fingerprint density at radius 1 is 1.50 bits per heavy atom. The van der Waals surface area contributed by atoms with Crippen LogP contribution in [0.1, 0.15) is 20.8 Å². The Labute approximate surface area is 73.6 Å². The van der Waals surface area contributed by atoms with E-state index in [2.05, 4.69) is 6.58 Å². The van der Waals surface area contributed by atoms with Crippen LogP contribution < -0.4 is 5.73 Å². The molecular formula is C9H17NO2. The monoisotopic (exact) mass is 171 g/mol. The summed E-state index contributed by atoms with van der Waals surface area (Å²) >= 11 is 0. The summed E-state index contributed by atoms with van der Waals surface area (Å²) in [4.78, 5) is 10.1. The predicted octanol–water partition coefficient (Wildman–Crippen LogP) is 0.991. The highest BCUT2D eigenvalue weighted by molar-refractivity contribution is 5.92. The number of carbonyl (C=O) groups is 1. The zero-order valence-corrected chi connectivity index (χ0v) is 7.87. The van der Waals surface area contributed by atoms with E-state index in [0.717, 1.165) is 0 Å². The molecular weight excluding hydrogens is 154 g/mol. The van der Waals surface area contributed by atoms with E-state index in [4.69, 9.17) is 10.8 Å². The molecule has 70 valence electrons. The molecule has 0 heterocycles. The molecule has 0 radical (unpaired) electrons. The molecule has 0 saturated heterocycles. The van der Waals surface area contributed by atoms with Crippen molar-refractivity contribution in [2.24, 2.45) is 5.73 Å². The van der Waals surface area contributed by atoms with Gasteiger partial charge in [-0.25, -0.2) is 0 Å². The normalized spacial score (nSPS) is 11.7. The van der Waals surface area contributed by atoms with E-state index < -0.39 is 12.0 Å². The molecule has 0 bridgehead atoms. The number of allylic oxidation sites excluding steroid dienone is 2. The molecule has 0 aromatic carbocycles. The van der Waals surface area contributed by atoms with Crippen molar-refractivity contribution < 1.29 is 9.90 Å². The zero-order valence-electron chi connectivity index (χ0n) is 7.87. The van der Waals surface area contributed by atoms with E-state index in [1.165, 1.54) is 6.92 Å². The fourth-order valence-corrected chi connectivity index (χ4v) is 0.206. The summed E-state index contributed by atoms with van der Waals surface area (Å²) < 4.78 is 0. The number of carbonyl (C=O) groups excluding carboxylic acids is 1. The predicted molar refractivity (Wildman–Crippen MR) is 50.5 cm³/mol. The molecule has 1 amide bonds. The van der Waals surface area contributed by atoms with Gasteiger partial charge in [0.05, 0.1) is 6.10 Å². The quantitative estimate of drug-likeness (QED) is 0.480. The van der Waals surface area contributed by atoms with Crippen LogP contribution in [0.4, 0.5) is 0 Å². The van der Waals surface area contributed by atoms with Gasteiger partial charge in [0.1, 0.15) is 0 Å². The summed E-state index contributed by atoms with van der Waals surface area (Å²) in [5.74, 6) is -0.653. The van der Waals surface area contributed by atoms with Crippen molar-refractivity contribution in [3.63, 3.8) is 0 Å². The van der Waals surface area contributed by atoms with Gasteiger partial charge in [0.15, 0.2) is 0 Å². The van der Waals surface area contributed by atoms with E-state index in [1.54, 1.807) is 0 Å². The Hall–Kier alpha value is -1.09. The topological polar surface area (TPSA) is 63.3 Å². The number of rotatable bonds is 2. The summed E-state index contributed by atoms with van der Waals surface area (Å²) in [5.41, 5.74) is 4.78. The molecule has 0 aromatic rings. The Morgan fingerprint density at radius 2 is 1.83 bits per heavy atom. The van der Waals surface area contributed by atoms with E-state index in [9.17, 15) is 4.79 Å². The molecule has 0 fully saturated rings. The number of amides is 1. The molecule has 0 aliphatic carbocycles. The molecule has 3 N–H and O–H groups in total. The van der Waals surface area contributed by atoms with Gasteiger partial charge in [-0.3, -0.25) is 4.79 Å². The lowest BCUT2D eigenvalue weighted by Gasteiger charge is -2.00. The first-order valence-corrected chi connectivity index (χ1v) is 3.71. The number of nitrogens with two attached hydrogens (primary N) is 1. The molecule has 1 unspecified atom stereocenters. The fraction of sp³-hybridized carbons (Fsp3) is 0.444. The maximum absolute atomic E-state index is 10.1. The van der Waals surface area contributed by atoms with E-state index in [1.807, 2.05) is 26.0 Å². The van der Waals surface area contributed by atoms with Gasteiger partial charge in [0.2, 0.25) is 5.91 Å². The Morgan fingerprint density at radius 3 is 1.83 bits per heavy atom. The van der Waals surface area contributed by atoms with Crippen molar-refractivity contribution in [2.45, 2.75) is 26.9 Å². The molecule has 3 heteroatoms. The van der Waals surface area contributed by atoms with Gasteiger partial charge in [-0.1, -0.05) is 18.7 Å². The van der Waals surface area contributed by atoms with Crippen LogP contribution in [0.2, 0.25) is 0 Å². The van der Waals surface area contributed by atoms with E-state index in [-0.39, 0.29) is 5.57 Å². The van der Waals surface area contributed by atoms with Crippen LogP contribution in [-0.4, -0.2) is 17.1 Å². The maximum Gasteiger partial charge on any atom is 0.246 e. The van der Waals surface area contributed by atoms with Crippen LogP contribution in [0.5, 0.6) is 0 Å². The van der Waals surface area contributed by atoms with Crippen LogP contribution in [0, 0.1) is 0 Å². The second-order valence-electron chi connectivity index (χ2n) is 2.23. The van der Waals surface area contributed by atoms with Gasteiger partial charge < -0.3 is 10.8 Å². The second kappa shape index (κ2) is 8.01. The Kier molecular flexibility index (Phi) is 9.01. The fourth-order valence-electron chi connectivity index (χ4n) is 0.206. The summed E-state index contributed by atoms with van der Waals surface area (Å²) in [6, 6.07) is 0. The molecule has 3 nitrogen and oxygen atoms in total. The summed E-state index contributed by atoms with van der Waals surface area (Å²) in [6.07, 6.45) is 3.17. The van der Waals surface area contributed by atoms with Gasteiger partial charge in [-0.15, -0.1) is 0 Å². The average Bonchev–Trinajstić information content (AvgIpc) is 2.03. The van der Waals surface area contributed by atoms with Crippen LogP contribution >= 0.6 is 0 Å². The van der Waals surface area contributed by atoms with Crippen molar-refractivity contribution >= 4 is 5.91 Å². The highest BCUT2D eigenvalue weighted by Crippen LogP contribution is 1.94. The van der Waals surface area contributed by atoms with Gasteiger partial charge >= 0.3 is 0 Å². The van der Waals surface area contributed by atoms with Gasteiger partial charge in [-0.05, 0) is 20.8 Å². The molecule has 0 aromatic heterocycles. The minimum atomic E-state index is -0.826. The van der Waals surface area contributed by atoms with Crippen molar-refractivity contribution in [2.75, 3.05) is 0 Å². The van der Waals surface area contributed by atoms with Crippen LogP contribution in [0.3, 0.4) is 0 Å². The molecule has 0 spiro atoms. The van der Waals surface area contributed by atoms with Crippen molar-refractivity contribution in [1.29, 1.82) is 0 Å². The Balaban J connectivity index is 0. The van der Waals surface area contributed by atoms with Crippen LogP contribution in [0.15, 0.2) is 24.3 Å². The average molecular weight is 171 g/mol. The van der Waals surface area contributed by atoms with Gasteiger partial charge in [0, 0.05) is 5.57 Å². The number of hydrogen-bond donors (Lipinski definition) is 2. The van der Waals surface area contributed by atoms with Crippen molar-refractivity contribution in [3.05, 3.63) is 24.3 Å². The maximum atomic E-state index is 10.1. The highest BCUT2D eigenvalue weighted by atomic mass is 16.3. The minimum Gasteiger partial charge on any atom is -0.389 e. The third-order valence-corrected chi connectivity index (χ3v) is 1.15. The summed E-state index contributed by atoms with van der Waals surface area (Å²) in [6.45, 7) is 8.67. The molecule has 0 rings (SSSR count). The highest BCUT2D eigenvalue weighted by Gasteiger charge is 2.05. The lowest BCUT2D eigenvalue weighted by Crippen LogP contribution is -2.20. The van der Waals surface area contributed by atoms with Crippen LogP contribution in [0.25, 0.3) is 0 Å². The second-order valence-corrected chi connectivity index (χ2v) is 2.23. The standard InChI is InChI=1S/C5H9NO2.C4H8/c1-3(4(2)7)5(6)8;1-3-4-2/h4,7H,1H2,2H3,(H2,6,8);3-4H,1-2H3. The number of hydrogen-bond acceptors (Lipinski definition) is 2. The van der Waals surface area contributed by atoms with Crippen molar-refractivity contribution in [1.82, 2.24) is 0 Å². The number of aliphatic hydroxyl groups is 1. The Bertz CT molecular complexity index is 167. The molecule has 12 heavy (non-hydrogen) atoms. The smallest absolute Gasteiger partial charge is 0.246 e. The molecule has 0 saturated carbocycles.